The molecule has 156 valence electrons. The van der Waals surface area contributed by atoms with Crippen molar-refractivity contribution in [2.45, 2.75) is 38.6 Å². The molecule has 0 aliphatic carbocycles. The fourth-order valence-corrected chi connectivity index (χ4v) is 4.10. The van der Waals surface area contributed by atoms with E-state index in [2.05, 4.69) is 0 Å². The Morgan fingerprint density at radius 2 is 2.07 bits per heavy atom. The molecule has 29 heavy (non-hydrogen) atoms. The van der Waals surface area contributed by atoms with Crippen LogP contribution in [0.3, 0.4) is 0 Å². The molecule has 0 saturated heterocycles. The average Bonchev–Trinajstić information content (AvgIpc) is 3.26. The highest BCUT2D eigenvalue weighted by Gasteiger charge is 2.38. The number of ether oxygens (including phenoxy) is 3. The summed E-state index contributed by atoms with van der Waals surface area (Å²) in [6, 6.07) is 7.81. The third-order valence-electron chi connectivity index (χ3n) is 4.82. The summed E-state index contributed by atoms with van der Waals surface area (Å²) in [4.78, 5) is 12.6. The molecule has 2 aromatic rings. The Kier molecular flexibility index (Phi) is 7.80. The zero-order valence-corrected chi connectivity index (χ0v) is 17.1. The van der Waals surface area contributed by atoms with Gasteiger partial charge in [0, 0.05) is 25.0 Å². The first kappa shape index (κ1) is 21.5. The van der Waals surface area contributed by atoms with Crippen LogP contribution in [-0.2, 0) is 25.6 Å². The Bertz CT molecular complexity index is 803. The molecule has 0 saturated carbocycles. The van der Waals surface area contributed by atoms with Gasteiger partial charge in [0.05, 0.1) is 0 Å². The molecule has 7 heteroatoms. The van der Waals surface area contributed by atoms with Crippen LogP contribution in [0.1, 0.15) is 36.8 Å². The highest BCUT2D eigenvalue weighted by atomic mass is 32.1. The Morgan fingerprint density at radius 1 is 1.28 bits per heavy atom. The number of carbonyl (C=O) groups is 1. The van der Waals surface area contributed by atoms with Crippen LogP contribution < -0.4 is 0 Å². The molecular formula is C22H25FO5S. The Balaban J connectivity index is 1.78. The fraction of sp³-hybridized carbons (Fsp3) is 0.409. The van der Waals surface area contributed by atoms with E-state index in [1.807, 2.05) is 23.8 Å². The Hall–Kier alpha value is -2.22. The van der Waals surface area contributed by atoms with Crippen LogP contribution >= 0.6 is 11.3 Å². The van der Waals surface area contributed by atoms with Crippen LogP contribution in [-0.4, -0.2) is 30.6 Å². The molecule has 1 N–H and O–H groups in total. The van der Waals surface area contributed by atoms with E-state index in [0.29, 0.717) is 25.0 Å². The van der Waals surface area contributed by atoms with Crippen LogP contribution in [0, 0.1) is 11.7 Å². The summed E-state index contributed by atoms with van der Waals surface area (Å²) in [6.45, 7) is 2.42. The van der Waals surface area contributed by atoms with Crippen LogP contribution in [0.5, 0.6) is 0 Å². The van der Waals surface area contributed by atoms with Gasteiger partial charge in [-0.25, -0.2) is 9.18 Å². The normalized spacial score (nSPS) is 21.3. The summed E-state index contributed by atoms with van der Waals surface area (Å²) < 4.78 is 30.0. The summed E-state index contributed by atoms with van der Waals surface area (Å²) in [5.41, 5.74) is 1.77. The Labute approximate surface area is 173 Å². The lowest BCUT2D eigenvalue weighted by Crippen LogP contribution is -2.36. The van der Waals surface area contributed by atoms with Gasteiger partial charge in [0.25, 0.3) is 0 Å². The van der Waals surface area contributed by atoms with Gasteiger partial charge in [0.2, 0.25) is 12.0 Å². The van der Waals surface area contributed by atoms with Crippen molar-refractivity contribution in [2.75, 3.05) is 13.2 Å². The number of rotatable bonds is 9. The van der Waals surface area contributed by atoms with E-state index in [9.17, 15) is 14.3 Å². The molecular weight excluding hydrogens is 395 g/mol. The molecule has 0 bridgehead atoms. The predicted octanol–water partition coefficient (Wildman–Crippen LogP) is 4.38. The second kappa shape index (κ2) is 10.5. The van der Waals surface area contributed by atoms with Gasteiger partial charge in [-0.3, -0.25) is 0 Å². The van der Waals surface area contributed by atoms with Gasteiger partial charge in [-0.15, -0.1) is 0 Å². The fourth-order valence-electron chi connectivity index (χ4n) is 3.40. The summed E-state index contributed by atoms with van der Waals surface area (Å²) >= 11 is 1.58. The van der Waals surface area contributed by atoms with Crippen LogP contribution in [0.25, 0.3) is 0 Å². The molecule has 0 radical (unpaired) electrons. The van der Waals surface area contributed by atoms with Crippen molar-refractivity contribution in [1.29, 1.82) is 0 Å². The molecule has 0 spiro atoms. The van der Waals surface area contributed by atoms with Gasteiger partial charge in [-0.1, -0.05) is 12.1 Å². The number of benzene rings is 1. The van der Waals surface area contributed by atoms with Gasteiger partial charge in [-0.05, 0) is 65.9 Å². The smallest absolute Gasteiger partial charge is 0.373 e. The van der Waals surface area contributed by atoms with E-state index in [1.165, 1.54) is 12.1 Å². The molecule has 0 fully saturated rings. The molecule has 1 aliphatic heterocycles. The topological polar surface area (TPSA) is 65.0 Å². The monoisotopic (exact) mass is 420 g/mol. The summed E-state index contributed by atoms with van der Waals surface area (Å²) in [6.07, 6.45) is 2.51. The van der Waals surface area contributed by atoms with Gasteiger partial charge < -0.3 is 19.3 Å². The maximum Gasteiger partial charge on any atom is 0.373 e. The molecule has 3 rings (SSSR count). The number of aliphatic hydroxyl groups is 1. The van der Waals surface area contributed by atoms with Gasteiger partial charge >= 0.3 is 5.97 Å². The molecule has 0 unspecified atom stereocenters. The quantitative estimate of drug-likeness (QED) is 0.610. The van der Waals surface area contributed by atoms with Crippen molar-refractivity contribution >= 4 is 17.3 Å². The van der Waals surface area contributed by atoms with Crippen molar-refractivity contribution in [1.82, 2.24) is 0 Å². The molecule has 2 heterocycles. The summed E-state index contributed by atoms with van der Waals surface area (Å²) in [7, 11) is 0. The minimum atomic E-state index is -0.602. The first-order valence-corrected chi connectivity index (χ1v) is 10.6. The zero-order valence-electron chi connectivity index (χ0n) is 16.3. The molecule has 1 aromatic heterocycles. The maximum absolute atomic E-state index is 13.0. The van der Waals surface area contributed by atoms with Gasteiger partial charge in [0.1, 0.15) is 12.4 Å². The lowest BCUT2D eigenvalue weighted by atomic mass is 9.82. The molecule has 1 aliphatic rings. The van der Waals surface area contributed by atoms with E-state index in [0.717, 1.165) is 5.56 Å². The summed E-state index contributed by atoms with van der Waals surface area (Å²) in [5, 5.41) is 13.3. The van der Waals surface area contributed by atoms with Crippen molar-refractivity contribution in [3.63, 3.8) is 0 Å². The van der Waals surface area contributed by atoms with Crippen molar-refractivity contribution in [3.8, 4) is 0 Å². The van der Waals surface area contributed by atoms with E-state index >= 15 is 0 Å². The van der Waals surface area contributed by atoms with Crippen molar-refractivity contribution in [2.24, 2.45) is 5.92 Å². The van der Waals surface area contributed by atoms with Gasteiger partial charge in [-0.2, -0.15) is 11.3 Å². The first-order valence-electron chi connectivity index (χ1n) is 9.67. The highest BCUT2D eigenvalue weighted by Crippen LogP contribution is 2.40. The third kappa shape index (κ3) is 5.65. The summed E-state index contributed by atoms with van der Waals surface area (Å²) in [5.74, 6) is -0.913. The van der Waals surface area contributed by atoms with E-state index in [4.69, 9.17) is 14.2 Å². The number of halogens is 1. The second-order valence-corrected chi connectivity index (χ2v) is 7.57. The molecule has 1 aromatic carbocycles. The molecule has 5 nitrogen and oxygen atoms in total. The maximum atomic E-state index is 13.0. The van der Waals surface area contributed by atoms with Crippen molar-refractivity contribution < 1.29 is 28.5 Å². The number of carbonyl (C=O) groups excluding carboxylic acids is 1. The minimum Gasteiger partial charge on any atom is -0.457 e. The minimum absolute atomic E-state index is 0.0228. The van der Waals surface area contributed by atoms with Crippen LogP contribution in [0.2, 0.25) is 0 Å². The lowest BCUT2D eigenvalue weighted by Gasteiger charge is -2.36. The largest absolute Gasteiger partial charge is 0.457 e. The van der Waals surface area contributed by atoms with E-state index in [1.54, 1.807) is 29.5 Å². The predicted molar refractivity (Wildman–Crippen MR) is 108 cm³/mol. The lowest BCUT2D eigenvalue weighted by molar-refractivity contribution is -0.176. The SMILES string of the molecule is CCO[C@H]1OC(C(=O)OCc2ccc(F)cc2)=C[C@@H](c2ccsc2)[C@H]1CCCO. The highest BCUT2D eigenvalue weighted by molar-refractivity contribution is 7.08. The second-order valence-electron chi connectivity index (χ2n) is 6.79. The number of thiophene rings is 1. The number of esters is 1. The number of aliphatic hydroxyl groups excluding tert-OH is 1. The molecule has 3 atom stereocenters. The van der Waals surface area contributed by atoms with E-state index < -0.39 is 12.3 Å². The standard InChI is InChI=1S/C22H25FO5S/c1-2-26-22-18(4-3-10-24)19(16-9-11-29-14-16)12-20(28-22)21(25)27-13-15-5-7-17(23)8-6-15/h5-9,11-12,14,18-19,22,24H,2-4,10,13H2,1H3/t18-,19+,22+/m1/s1. The number of allylic oxidation sites excluding steroid dienone is 1. The average molecular weight is 421 g/mol. The Morgan fingerprint density at radius 3 is 2.72 bits per heavy atom. The van der Waals surface area contributed by atoms with Gasteiger partial charge in [0.15, 0.2) is 0 Å². The van der Waals surface area contributed by atoms with Crippen LogP contribution in [0.15, 0.2) is 52.9 Å². The number of hydrogen-bond acceptors (Lipinski definition) is 6. The number of hydrogen-bond donors (Lipinski definition) is 1. The molecule has 0 amide bonds. The van der Waals surface area contributed by atoms with E-state index in [-0.39, 0.29) is 36.6 Å². The third-order valence-corrected chi connectivity index (χ3v) is 5.53. The van der Waals surface area contributed by atoms with Crippen molar-refractivity contribution in [3.05, 3.63) is 69.9 Å². The first-order chi connectivity index (χ1) is 14.1. The van der Waals surface area contributed by atoms with Crippen LogP contribution in [0.4, 0.5) is 4.39 Å². The zero-order chi connectivity index (χ0) is 20.6.